The van der Waals surface area contributed by atoms with Crippen molar-refractivity contribution in [3.8, 4) is 0 Å². The fourth-order valence-corrected chi connectivity index (χ4v) is 3.63. The van der Waals surface area contributed by atoms with E-state index in [1.165, 1.54) is 4.21 Å². The van der Waals surface area contributed by atoms with Gasteiger partial charge in [-0.25, -0.2) is 4.98 Å². The summed E-state index contributed by atoms with van der Waals surface area (Å²) in [6, 6.07) is 14.4. The van der Waals surface area contributed by atoms with Crippen LogP contribution in [0.1, 0.15) is 5.56 Å². The van der Waals surface area contributed by atoms with Gasteiger partial charge in [0, 0.05) is 11.9 Å². The number of thiophene rings is 1. The first-order chi connectivity index (χ1) is 8.86. The fraction of sp³-hybridized carbons (Fsp3) is 0.0714. The molecule has 0 saturated heterocycles. The zero-order chi connectivity index (χ0) is 12.4. The predicted molar refractivity (Wildman–Crippen MR) is 78.1 cm³/mol. The number of benzene rings is 1. The Hall–Kier alpha value is -1.36. The Labute approximate surface area is 114 Å². The highest BCUT2D eigenvalue weighted by Crippen LogP contribution is 2.32. The van der Waals surface area contributed by atoms with Crippen LogP contribution in [0.5, 0.6) is 0 Å². The van der Waals surface area contributed by atoms with Crippen LogP contribution in [0.15, 0.2) is 57.1 Å². The van der Waals surface area contributed by atoms with Crippen LogP contribution >= 0.6 is 23.1 Å². The van der Waals surface area contributed by atoms with E-state index in [0.717, 1.165) is 21.5 Å². The van der Waals surface area contributed by atoms with Crippen LogP contribution in [0.25, 0.3) is 10.9 Å². The molecule has 0 fully saturated rings. The number of para-hydroxylation sites is 1. The van der Waals surface area contributed by atoms with Crippen molar-refractivity contribution in [1.82, 2.24) is 4.98 Å². The van der Waals surface area contributed by atoms with Crippen LogP contribution in [-0.2, 0) is 6.54 Å². The lowest BCUT2D eigenvalue weighted by molar-refractivity contribution is 1.05. The van der Waals surface area contributed by atoms with Crippen LogP contribution in [0.4, 0.5) is 0 Å². The summed E-state index contributed by atoms with van der Waals surface area (Å²) in [5.74, 6) is 0. The highest BCUT2D eigenvalue weighted by atomic mass is 32.2. The van der Waals surface area contributed by atoms with Crippen LogP contribution in [0, 0.1) is 0 Å². The normalized spacial score (nSPS) is 10.9. The standard InChI is InChI=1S/C14H12N2S2/c15-9-10-8-13(18-14-6-3-7-17-14)16-12-5-2-1-4-11(10)12/h1-8H,9,15H2. The smallest absolute Gasteiger partial charge is 0.103 e. The summed E-state index contributed by atoms with van der Waals surface area (Å²) in [6.45, 7) is 0.543. The van der Waals surface area contributed by atoms with Gasteiger partial charge in [-0.2, -0.15) is 0 Å². The maximum Gasteiger partial charge on any atom is 0.103 e. The molecule has 2 nitrogen and oxygen atoms in total. The molecular weight excluding hydrogens is 260 g/mol. The summed E-state index contributed by atoms with van der Waals surface area (Å²) in [7, 11) is 0. The Balaban J connectivity index is 2.08. The fourth-order valence-electron chi connectivity index (χ4n) is 1.87. The number of hydrogen-bond acceptors (Lipinski definition) is 4. The lowest BCUT2D eigenvalue weighted by Gasteiger charge is -2.06. The van der Waals surface area contributed by atoms with Crippen molar-refractivity contribution in [1.29, 1.82) is 0 Å². The van der Waals surface area contributed by atoms with Gasteiger partial charge in [0.15, 0.2) is 0 Å². The van der Waals surface area contributed by atoms with Gasteiger partial charge in [0.1, 0.15) is 5.03 Å². The summed E-state index contributed by atoms with van der Waals surface area (Å²) in [5.41, 5.74) is 7.99. The largest absolute Gasteiger partial charge is 0.326 e. The van der Waals surface area contributed by atoms with Gasteiger partial charge < -0.3 is 5.73 Å². The second kappa shape index (κ2) is 5.10. The number of nitrogens with zero attached hydrogens (tertiary/aromatic N) is 1. The maximum atomic E-state index is 5.82. The van der Waals surface area contributed by atoms with Gasteiger partial charge in [0.2, 0.25) is 0 Å². The molecule has 0 radical (unpaired) electrons. The van der Waals surface area contributed by atoms with E-state index in [1.807, 2.05) is 18.2 Å². The summed E-state index contributed by atoms with van der Waals surface area (Å²) in [4.78, 5) is 4.67. The third-order valence-corrected chi connectivity index (χ3v) is 4.65. The second-order valence-corrected chi connectivity index (χ2v) is 6.14. The molecule has 0 unspecified atom stereocenters. The molecule has 2 N–H and O–H groups in total. The van der Waals surface area contributed by atoms with Gasteiger partial charge >= 0.3 is 0 Å². The van der Waals surface area contributed by atoms with Crippen molar-refractivity contribution in [2.45, 2.75) is 15.8 Å². The molecule has 4 heteroatoms. The zero-order valence-corrected chi connectivity index (χ0v) is 11.3. The number of nitrogens with two attached hydrogens (primary N) is 1. The third-order valence-electron chi connectivity index (χ3n) is 2.70. The summed E-state index contributed by atoms with van der Waals surface area (Å²) in [5, 5.41) is 4.24. The molecule has 0 aliphatic rings. The quantitative estimate of drug-likeness (QED) is 0.785. The number of aromatic nitrogens is 1. The third kappa shape index (κ3) is 2.27. The van der Waals surface area contributed by atoms with Crippen molar-refractivity contribution in [3.05, 3.63) is 53.4 Å². The lowest BCUT2D eigenvalue weighted by Crippen LogP contribution is -1.99. The number of hydrogen-bond donors (Lipinski definition) is 1. The summed E-state index contributed by atoms with van der Waals surface area (Å²) >= 11 is 3.42. The van der Waals surface area contributed by atoms with Gasteiger partial charge in [-0.1, -0.05) is 36.0 Å². The van der Waals surface area contributed by atoms with E-state index >= 15 is 0 Å². The first kappa shape index (κ1) is 11.7. The Kier molecular flexibility index (Phi) is 3.32. The van der Waals surface area contributed by atoms with E-state index in [2.05, 4.69) is 34.6 Å². The van der Waals surface area contributed by atoms with Crippen molar-refractivity contribution in [2.24, 2.45) is 5.73 Å². The summed E-state index contributed by atoms with van der Waals surface area (Å²) in [6.07, 6.45) is 0. The van der Waals surface area contributed by atoms with Gasteiger partial charge in [-0.05, 0) is 29.1 Å². The van der Waals surface area contributed by atoms with Crippen molar-refractivity contribution < 1.29 is 0 Å². The van der Waals surface area contributed by atoms with E-state index in [-0.39, 0.29) is 0 Å². The second-order valence-electron chi connectivity index (χ2n) is 3.88. The van der Waals surface area contributed by atoms with E-state index < -0.39 is 0 Å². The molecule has 3 rings (SSSR count). The molecule has 0 bridgehead atoms. The molecule has 3 aromatic rings. The topological polar surface area (TPSA) is 38.9 Å². The number of rotatable bonds is 3. The van der Waals surface area contributed by atoms with Crippen molar-refractivity contribution in [3.63, 3.8) is 0 Å². The Morgan fingerprint density at radius 3 is 2.83 bits per heavy atom. The predicted octanol–water partition coefficient (Wildman–Crippen LogP) is 3.91. The van der Waals surface area contributed by atoms with Crippen LogP contribution in [-0.4, -0.2) is 4.98 Å². The molecule has 0 aliphatic heterocycles. The minimum Gasteiger partial charge on any atom is -0.326 e. The average Bonchev–Trinajstić information content (AvgIpc) is 2.90. The minimum atomic E-state index is 0.543. The molecule has 0 amide bonds. The molecular formula is C14H12N2S2. The Morgan fingerprint density at radius 1 is 1.17 bits per heavy atom. The van der Waals surface area contributed by atoms with Gasteiger partial charge in [0.05, 0.1) is 9.73 Å². The summed E-state index contributed by atoms with van der Waals surface area (Å²) < 4.78 is 1.25. The van der Waals surface area contributed by atoms with E-state index in [4.69, 9.17) is 5.73 Å². The van der Waals surface area contributed by atoms with Crippen LogP contribution < -0.4 is 5.73 Å². The molecule has 2 heterocycles. The van der Waals surface area contributed by atoms with Crippen LogP contribution in [0.2, 0.25) is 0 Å². The highest BCUT2D eigenvalue weighted by molar-refractivity contribution is 8.01. The molecule has 0 spiro atoms. The SMILES string of the molecule is NCc1cc(Sc2cccs2)nc2ccccc12. The number of fused-ring (bicyclic) bond motifs is 1. The molecule has 2 aromatic heterocycles. The van der Waals surface area contributed by atoms with Crippen molar-refractivity contribution in [2.75, 3.05) is 0 Å². The zero-order valence-electron chi connectivity index (χ0n) is 9.67. The van der Waals surface area contributed by atoms with Gasteiger partial charge in [-0.15, -0.1) is 11.3 Å². The Morgan fingerprint density at radius 2 is 2.06 bits per heavy atom. The molecule has 0 saturated carbocycles. The van der Waals surface area contributed by atoms with Gasteiger partial charge in [-0.3, -0.25) is 0 Å². The first-order valence-electron chi connectivity index (χ1n) is 5.67. The van der Waals surface area contributed by atoms with E-state index in [9.17, 15) is 0 Å². The maximum absolute atomic E-state index is 5.82. The highest BCUT2D eigenvalue weighted by Gasteiger charge is 2.06. The average molecular weight is 272 g/mol. The minimum absolute atomic E-state index is 0.543. The molecule has 1 aromatic carbocycles. The van der Waals surface area contributed by atoms with E-state index in [1.54, 1.807) is 23.1 Å². The number of pyridine rings is 1. The molecule has 18 heavy (non-hydrogen) atoms. The first-order valence-corrected chi connectivity index (χ1v) is 7.36. The Bertz CT molecular complexity index is 663. The monoisotopic (exact) mass is 272 g/mol. The van der Waals surface area contributed by atoms with E-state index in [0.29, 0.717) is 6.54 Å². The molecule has 0 aliphatic carbocycles. The molecule has 0 atom stereocenters. The van der Waals surface area contributed by atoms with Crippen molar-refractivity contribution >= 4 is 34.0 Å². The molecule has 90 valence electrons. The van der Waals surface area contributed by atoms with Crippen LogP contribution in [0.3, 0.4) is 0 Å². The van der Waals surface area contributed by atoms with Gasteiger partial charge in [0.25, 0.3) is 0 Å². The lowest BCUT2D eigenvalue weighted by atomic mass is 10.1.